The smallest absolute Gasteiger partial charge is 0.409 e. The van der Waals surface area contributed by atoms with Crippen molar-refractivity contribution in [3.63, 3.8) is 0 Å². The summed E-state index contributed by atoms with van der Waals surface area (Å²) in [7, 11) is 5.71. The fraction of sp³-hybridized carbons (Fsp3) is 0.814. The van der Waals surface area contributed by atoms with Crippen molar-refractivity contribution in [2.24, 2.45) is 17.8 Å². The summed E-state index contributed by atoms with van der Waals surface area (Å²) in [6.45, 7) is 10.4. The molecule has 0 aromatic heterocycles. The van der Waals surface area contributed by atoms with E-state index in [0.29, 0.717) is 57.9 Å². The molecule has 4 unspecified atom stereocenters. The molecular weight excluding hydrogens is 897 g/mol. The summed E-state index contributed by atoms with van der Waals surface area (Å²) in [6, 6.07) is 0. The van der Waals surface area contributed by atoms with Crippen LogP contribution in [0.5, 0.6) is 0 Å². The summed E-state index contributed by atoms with van der Waals surface area (Å²) in [5, 5.41) is 0. The van der Waals surface area contributed by atoms with Crippen molar-refractivity contribution in [2.75, 3.05) is 54.1 Å². The molecule has 4 atom stereocenters. The van der Waals surface area contributed by atoms with Gasteiger partial charge in [-0.25, -0.2) is 4.79 Å². The quantitative estimate of drug-likeness (QED) is 0.0249. The number of nitrogens with zero attached hydrogens (tertiary/aromatic N) is 2. The zero-order chi connectivity index (χ0) is 52.2. The van der Waals surface area contributed by atoms with Crippen molar-refractivity contribution in [3.05, 3.63) is 36.5 Å². The number of carbonyl (C=O) groups is 5. The van der Waals surface area contributed by atoms with Gasteiger partial charge in [-0.15, -0.1) is 0 Å². The molecule has 12 heteroatoms. The maximum Gasteiger partial charge on any atom is 0.409 e. The zero-order valence-electron chi connectivity index (χ0n) is 46.3. The molecule has 1 aliphatic carbocycles. The molecule has 0 spiro atoms. The monoisotopic (exact) mass is 1000 g/mol. The Kier molecular flexibility index (Phi) is 41.4. The molecule has 0 saturated heterocycles. The van der Waals surface area contributed by atoms with Gasteiger partial charge >= 0.3 is 30.0 Å². The molecule has 0 aliphatic heterocycles. The largest absolute Gasteiger partial charge is 0.466 e. The Morgan fingerprint density at radius 3 is 1.73 bits per heavy atom. The third-order valence-electron chi connectivity index (χ3n) is 13.5. The van der Waals surface area contributed by atoms with Crippen LogP contribution in [-0.4, -0.2) is 106 Å². The molecule has 1 rings (SSSR count). The number of ether oxygens (including phenoxy) is 5. The van der Waals surface area contributed by atoms with Crippen LogP contribution >= 0.6 is 0 Å². The number of carbonyl (C=O) groups excluding carboxylic acids is 5. The van der Waals surface area contributed by atoms with Crippen molar-refractivity contribution in [2.45, 2.75) is 239 Å². The fourth-order valence-corrected chi connectivity index (χ4v) is 8.90. The number of unbranched alkanes of at least 4 members (excludes halogenated alkanes) is 14. The van der Waals surface area contributed by atoms with E-state index >= 15 is 0 Å². The zero-order valence-corrected chi connectivity index (χ0v) is 46.3. The van der Waals surface area contributed by atoms with E-state index < -0.39 is 0 Å². The predicted octanol–water partition coefficient (Wildman–Crippen LogP) is 14.2. The second-order valence-corrected chi connectivity index (χ2v) is 20.4. The highest BCUT2D eigenvalue weighted by Crippen LogP contribution is 2.39. The molecule has 1 fully saturated rings. The van der Waals surface area contributed by atoms with Crippen LogP contribution in [-0.2, 0) is 42.9 Å². The molecule has 0 aromatic rings. The van der Waals surface area contributed by atoms with Gasteiger partial charge in [0.15, 0.2) is 0 Å². The van der Waals surface area contributed by atoms with Crippen LogP contribution in [0.15, 0.2) is 36.5 Å². The van der Waals surface area contributed by atoms with Crippen LogP contribution in [0.2, 0.25) is 0 Å². The van der Waals surface area contributed by atoms with E-state index in [2.05, 4.69) is 64.2 Å². The molecule has 0 N–H and O–H groups in total. The van der Waals surface area contributed by atoms with Crippen molar-refractivity contribution in [1.82, 2.24) is 9.80 Å². The summed E-state index contributed by atoms with van der Waals surface area (Å²) in [5.74, 6) is -1.09. The van der Waals surface area contributed by atoms with Crippen molar-refractivity contribution >= 4 is 30.0 Å². The Morgan fingerprint density at radius 1 is 0.549 bits per heavy atom. The van der Waals surface area contributed by atoms with Gasteiger partial charge in [0.25, 0.3) is 0 Å². The lowest BCUT2D eigenvalue weighted by Gasteiger charge is -2.26. The molecule has 0 radical (unpaired) electrons. The van der Waals surface area contributed by atoms with Crippen LogP contribution in [0, 0.1) is 17.8 Å². The molecule has 1 aliphatic rings. The highest BCUT2D eigenvalue weighted by Gasteiger charge is 2.39. The summed E-state index contributed by atoms with van der Waals surface area (Å²) < 4.78 is 29.1. The van der Waals surface area contributed by atoms with Crippen molar-refractivity contribution < 1.29 is 47.7 Å². The van der Waals surface area contributed by atoms with Gasteiger partial charge in [0.05, 0.1) is 19.8 Å². The van der Waals surface area contributed by atoms with Crippen molar-refractivity contribution in [3.8, 4) is 0 Å². The molecule has 0 heterocycles. The van der Waals surface area contributed by atoms with E-state index in [0.717, 1.165) is 96.4 Å². The molecule has 0 bridgehead atoms. The Hall–Kier alpha value is -3.67. The predicted molar refractivity (Wildman–Crippen MR) is 288 cm³/mol. The van der Waals surface area contributed by atoms with Crippen LogP contribution in [0.1, 0.15) is 227 Å². The number of rotatable bonds is 45. The first-order valence-electron chi connectivity index (χ1n) is 28.6. The van der Waals surface area contributed by atoms with Gasteiger partial charge in [0.1, 0.15) is 12.2 Å². The molecule has 12 nitrogen and oxygen atoms in total. The number of hydrogen-bond acceptors (Lipinski definition) is 11. The second-order valence-electron chi connectivity index (χ2n) is 20.4. The standard InChI is InChI=1S/C59H104N2O10/c1-8-12-16-17-18-19-20-21-22-23-24-25-26-27-28-32-36-52(70-57(64)40-34-33-35-50(48-68-55(62)38-30-14-10-3)49-69-56(63)39-31-15-11-4)43-46-67-58(65)47-51-41-42-54(53(51)37-29-13-9-2)71-59(66)61(7)45-44-60(5)6/h13,18-19,21-22,29,50-54H,8-12,14-17,20,23-28,30-49H2,1-7H3/b19-18-,22-21-,29-13-. The average Bonchev–Trinajstić information content (AvgIpc) is 3.71. The Labute approximate surface area is 433 Å². The van der Waals surface area contributed by atoms with Gasteiger partial charge in [-0.3, -0.25) is 19.2 Å². The van der Waals surface area contributed by atoms with Gasteiger partial charge in [0, 0.05) is 64.1 Å². The van der Waals surface area contributed by atoms with Crippen LogP contribution in [0.25, 0.3) is 0 Å². The second kappa shape index (κ2) is 45.0. The van der Waals surface area contributed by atoms with Gasteiger partial charge in [-0.1, -0.05) is 135 Å². The van der Waals surface area contributed by atoms with Crippen LogP contribution in [0.3, 0.4) is 0 Å². The van der Waals surface area contributed by atoms with Gasteiger partial charge in [-0.05, 0) is 116 Å². The van der Waals surface area contributed by atoms with E-state index in [1.807, 2.05) is 19.0 Å². The lowest BCUT2D eigenvalue weighted by Crippen LogP contribution is -2.37. The minimum absolute atomic E-state index is 0.0282. The summed E-state index contributed by atoms with van der Waals surface area (Å²) in [5.41, 5.74) is 0. The summed E-state index contributed by atoms with van der Waals surface area (Å²) in [6.07, 6.45) is 39.3. The molecule has 1 saturated carbocycles. The topological polar surface area (TPSA) is 138 Å². The van der Waals surface area contributed by atoms with Crippen molar-refractivity contribution in [1.29, 1.82) is 0 Å². The highest BCUT2D eigenvalue weighted by molar-refractivity contribution is 5.71. The van der Waals surface area contributed by atoms with E-state index in [4.69, 9.17) is 23.7 Å². The minimum Gasteiger partial charge on any atom is -0.466 e. The first-order valence-corrected chi connectivity index (χ1v) is 28.6. The lowest BCUT2D eigenvalue weighted by atomic mass is 9.89. The highest BCUT2D eigenvalue weighted by atomic mass is 16.6. The maximum absolute atomic E-state index is 13.4. The minimum atomic E-state index is -0.361. The van der Waals surface area contributed by atoms with E-state index in [1.54, 1.807) is 11.9 Å². The third-order valence-corrected chi connectivity index (χ3v) is 13.5. The Balaban J connectivity index is 2.80. The first-order chi connectivity index (χ1) is 34.4. The molecule has 1 amide bonds. The molecule has 71 heavy (non-hydrogen) atoms. The Morgan fingerprint density at radius 2 is 1.11 bits per heavy atom. The van der Waals surface area contributed by atoms with Crippen LogP contribution in [0.4, 0.5) is 4.79 Å². The summed E-state index contributed by atoms with van der Waals surface area (Å²) >= 11 is 0. The third kappa shape index (κ3) is 36.8. The summed E-state index contributed by atoms with van der Waals surface area (Å²) in [4.78, 5) is 68.1. The van der Waals surface area contributed by atoms with Gasteiger partial charge < -0.3 is 33.5 Å². The number of esters is 4. The van der Waals surface area contributed by atoms with E-state index in [9.17, 15) is 24.0 Å². The lowest BCUT2D eigenvalue weighted by molar-refractivity contribution is -0.152. The molecular formula is C59H104N2O10. The van der Waals surface area contributed by atoms with E-state index in [1.165, 1.54) is 44.9 Å². The number of hydrogen-bond donors (Lipinski definition) is 0. The normalized spacial score (nSPS) is 16.4. The van der Waals surface area contributed by atoms with Gasteiger partial charge in [-0.2, -0.15) is 0 Å². The number of allylic oxidation sites excluding steroid dienone is 6. The number of amides is 1. The fourth-order valence-electron chi connectivity index (χ4n) is 8.90. The van der Waals surface area contributed by atoms with Gasteiger partial charge in [0.2, 0.25) is 0 Å². The molecule has 410 valence electrons. The SMILES string of the molecule is CC/C=C\CC1C(CC(=O)OCCC(CCCCCCCC/C=C\C/C=C\CCCCC)OC(=O)CCCCC(COC(=O)CCCCC)COC(=O)CCCCC)CCC1OC(=O)N(C)CCN(C)C. The molecule has 0 aromatic carbocycles. The van der Waals surface area contributed by atoms with E-state index in [-0.39, 0.29) is 92.6 Å². The average molecular weight is 1000 g/mol. The number of likely N-dealkylation sites (N-methyl/N-ethyl adjacent to an activating group) is 2. The van der Waals surface area contributed by atoms with Crippen LogP contribution < -0.4 is 0 Å². The Bertz CT molecular complexity index is 1440. The first kappa shape index (κ1) is 65.3. The maximum atomic E-state index is 13.4.